The van der Waals surface area contributed by atoms with Crippen LogP contribution in [0.25, 0.3) is 0 Å². The summed E-state index contributed by atoms with van der Waals surface area (Å²) in [5, 5.41) is 1.18. The lowest BCUT2D eigenvalue weighted by molar-refractivity contribution is 0.0718. The van der Waals surface area contributed by atoms with Gasteiger partial charge in [0.2, 0.25) is 0 Å². The molecule has 0 spiro atoms. The molecule has 20 heavy (non-hydrogen) atoms. The van der Waals surface area contributed by atoms with Gasteiger partial charge in [-0.15, -0.1) is 11.3 Å². The van der Waals surface area contributed by atoms with E-state index in [1.807, 2.05) is 11.8 Å². The smallest absolute Gasteiger partial charge is 0.265 e. The molecule has 2 N–H and O–H groups in total. The number of amides is 1. The van der Waals surface area contributed by atoms with Gasteiger partial charge < -0.3 is 10.6 Å². The fourth-order valence-electron chi connectivity index (χ4n) is 3.21. The van der Waals surface area contributed by atoms with Crippen molar-refractivity contribution in [3.05, 3.63) is 15.6 Å². The molecule has 0 aromatic carbocycles. The minimum atomic E-state index is 0.163. The lowest BCUT2D eigenvalue weighted by Gasteiger charge is -2.29. The fourth-order valence-corrected chi connectivity index (χ4v) is 4.41. The van der Waals surface area contributed by atoms with Gasteiger partial charge in [0.25, 0.3) is 5.91 Å². The second-order valence-electron chi connectivity index (χ2n) is 6.08. The molecule has 2 fully saturated rings. The first kappa shape index (κ1) is 14.0. The summed E-state index contributed by atoms with van der Waals surface area (Å²) >= 11 is 1.63. The summed E-state index contributed by atoms with van der Waals surface area (Å²) in [5.74, 6) is 0.756. The predicted molar refractivity (Wildman–Crippen MR) is 81.2 cm³/mol. The van der Waals surface area contributed by atoms with Gasteiger partial charge in [-0.1, -0.05) is 12.8 Å². The summed E-state index contributed by atoms with van der Waals surface area (Å²) in [6.07, 6.45) is 6.91. The van der Waals surface area contributed by atoms with E-state index in [0.29, 0.717) is 5.92 Å². The normalized spacial score (nSPS) is 21.6. The van der Waals surface area contributed by atoms with E-state index >= 15 is 0 Å². The highest BCUT2D eigenvalue weighted by Crippen LogP contribution is 2.37. The maximum absolute atomic E-state index is 12.6. The zero-order chi connectivity index (χ0) is 14.1. The number of hydrogen-bond donors (Lipinski definition) is 1. The summed E-state index contributed by atoms with van der Waals surface area (Å²) in [6, 6.07) is 0.260. The monoisotopic (exact) mass is 293 g/mol. The van der Waals surface area contributed by atoms with E-state index in [2.05, 4.69) is 4.98 Å². The Morgan fingerprint density at radius 2 is 1.90 bits per heavy atom. The number of hydrogen-bond acceptors (Lipinski definition) is 4. The van der Waals surface area contributed by atoms with Gasteiger partial charge in [0.05, 0.1) is 10.7 Å². The van der Waals surface area contributed by atoms with Crippen molar-refractivity contribution in [2.45, 2.75) is 57.4 Å². The van der Waals surface area contributed by atoms with Crippen molar-refractivity contribution in [3.63, 3.8) is 0 Å². The summed E-state index contributed by atoms with van der Waals surface area (Å²) < 4.78 is 0. The predicted octanol–water partition coefficient (Wildman–Crippen LogP) is 2.67. The van der Waals surface area contributed by atoms with Crippen molar-refractivity contribution < 1.29 is 4.79 Å². The van der Waals surface area contributed by atoms with Crippen LogP contribution in [-0.4, -0.2) is 34.9 Å². The van der Waals surface area contributed by atoms with Gasteiger partial charge in [0, 0.05) is 25.0 Å². The molecule has 0 unspecified atom stereocenters. The third kappa shape index (κ3) is 2.74. The second-order valence-corrected chi connectivity index (χ2v) is 7.11. The van der Waals surface area contributed by atoms with E-state index in [9.17, 15) is 4.79 Å². The molecule has 4 nitrogen and oxygen atoms in total. The lowest BCUT2D eigenvalue weighted by Crippen LogP contribution is -2.42. The maximum Gasteiger partial charge on any atom is 0.265 e. The van der Waals surface area contributed by atoms with Crippen LogP contribution in [0.2, 0.25) is 0 Å². The van der Waals surface area contributed by atoms with E-state index in [4.69, 9.17) is 5.73 Å². The zero-order valence-corrected chi connectivity index (χ0v) is 12.9. The molecule has 1 aliphatic heterocycles. The van der Waals surface area contributed by atoms with Crippen molar-refractivity contribution in [2.75, 3.05) is 13.1 Å². The molecule has 1 aromatic rings. The Hall–Kier alpha value is -0.940. The summed E-state index contributed by atoms with van der Waals surface area (Å²) in [6.45, 7) is 3.55. The van der Waals surface area contributed by atoms with Crippen molar-refractivity contribution in [2.24, 2.45) is 5.73 Å². The molecule has 110 valence electrons. The van der Waals surface area contributed by atoms with Crippen molar-refractivity contribution >= 4 is 17.2 Å². The molecule has 1 aliphatic carbocycles. The largest absolute Gasteiger partial charge is 0.338 e. The molecule has 0 radical (unpaired) electrons. The molecule has 2 aliphatic rings. The number of nitrogens with two attached hydrogens (primary N) is 1. The van der Waals surface area contributed by atoms with Crippen LogP contribution in [0.4, 0.5) is 0 Å². The van der Waals surface area contributed by atoms with Crippen LogP contribution in [0, 0.1) is 6.92 Å². The Kier molecular flexibility index (Phi) is 4.08. The SMILES string of the molecule is Cc1nc(C2CCCC2)sc1C(=O)N1CCC(N)CC1. The first-order chi connectivity index (χ1) is 9.65. The fraction of sp³-hybridized carbons (Fsp3) is 0.733. The number of carbonyl (C=O) groups is 1. The Morgan fingerprint density at radius 1 is 1.25 bits per heavy atom. The van der Waals surface area contributed by atoms with Gasteiger partial charge >= 0.3 is 0 Å². The molecule has 2 heterocycles. The number of aromatic nitrogens is 1. The minimum Gasteiger partial charge on any atom is -0.338 e. The first-order valence-electron chi connectivity index (χ1n) is 7.67. The number of thiazole rings is 1. The Balaban J connectivity index is 1.74. The van der Waals surface area contributed by atoms with Gasteiger partial charge in [-0.2, -0.15) is 0 Å². The van der Waals surface area contributed by atoms with Crippen molar-refractivity contribution in [1.29, 1.82) is 0 Å². The Labute approximate surface area is 124 Å². The van der Waals surface area contributed by atoms with Gasteiger partial charge in [-0.05, 0) is 32.6 Å². The van der Waals surface area contributed by atoms with Crippen LogP contribution in [0.15, 0.2) is 0 Å². The number of likely N-dealkylation sites (tertiary alicyclic amines) is 1. The van der Waals surface area contributed by atoms with Crippen LogP contribution in [-0.2, 0) is 0 Å². The average molecular weight is 293 g/mol. The van der Waals surface area contributed by atoms with E-state index < -0.39 is 0 Å². The molecule has 3 rings (SSSR count). The second kappa shape index (κ2) is 5.82. The number of nitrogens with zero attached hydrogens (tertiary/aromatic N) is 2. The zero-order valence-electron chi connectivity index (χ0n) is 12.1. The topological polar surface area (TPSA) is 59.2 Å². The molecule has 1 amide bonds. The highest BCUT2D eigenvalue weighted by molar-refractivity contribution is 7.13. The standard InChI is InChI=1S/C15H23N3OS/c1-10-13(15(19)18-8-6-12(16)7-9-18)20-14(17-10)11-4-2-3-5-11/h11-12H,2-9,16H2,1H3. The summed E-state index contributed by atoms with van der Waals surface area (Å²) in [4.78, 5) is 20.1. The van der Waals surface area contributed by atoms with E-state index in [1.165, 1.54) is 30.7 Å². The van der Waals surface area contributed by atoms with E-state index in [0.717, 1.165) is 36.5 Å². The minimum absolute atomic E-state index is 0.163. The van der Waals surface area contributed by atoms with E-state index in [-0.39, 0.29) is 11.9 Å². The molecule has 1 aromatic heterocycles. The Morgan fingerprint density at radius 3 is 2.55 bits per heavy atom. The number of piperidine rings is 1. The molecular weight excluding hydrogens is 270 g/mol. The third-order valence-electron chi connectivity index (χ3n) is 4.54. The lowest BCUT2D eigenvalue weighted by atomic mass is 10.1. The number of rotatable bonds is 2. The van der Waals surface area contributed by atoms with E-state index in [1.54, 1.807) is 11.3 Å². The molecule has 0 bridgehead atoms. The van der Waals surface area contributed by atoms with Crippen LogP contribution < -0.4 is 5.73 Å². The molecular formula is C15H23N3OS. The quantitative estimate of drug-likeness (QED) is 0.912. The van der Waals surface area contributed by atoms with Crippen LogP contribution in [0.1, 0.15) is 64.8 Å². The van der Waals surface area contributed by atoms with Gasteiger partial charge in [0.15, 0.2) is 0 Å². The van der Waals surface area contributed by atoms with Crippen molar-refractivity contribution in [3.8, 4) is 0 Å². The number of carbonyl (C=O) groups excluding carboxylic acids is 1. The summed E-state index contributed by atoms with van der Waals surface area (Å²) in [5.41, 5.74) is 6.82. The molecule has 1 saturated carbocycles. The van der Waals surface area contributed by atoms with Gasteiger partial charge in [-0.3, -0.25) is 4.79 Å². The molecule has 0 atom stereocenters. The third-order valence-corrected chi connectivity index (χ3v) is 5.85. The van der Waals surface area contributed by atoms with Crippen LogP contribution in [0.5, 0.6) is 0 Å². The average Bonchev–Trinajstić information content (AvgIpc) is 3.08. The van der Waals surface area contributed by atoms with Gasteiger partial charge in [-0.25, -0.2) is 4.98 Å². The highest BCUT2D eigenvalue weighted by Gasteiger charge is 2.27. The molecule has 5 heteroatoms. The van der Waals surface area contributed by atoms with Crippen molar-refractivity contribution in [1.82, 2.24) is 9.88 Å². The van der Waals surface area contributed by atoms with Crippen LogP contribution in [0.3, 0.4) is 0 Å². The maximum atomic E-state index is 12.6. The number of aryl methyl sites for hydroxylation is 1. The van der Waals surface area contributed by atoms with Crippen LogP contribution >= 0.6 is 11.3 Å². The highest BCUT2D eigenvalue weighted by atomic mass is 32.1. The summed E-state index contributed by atoms with van der Waals surface area (Å²) in [7, 11) is 0. The van der Waals surface area contributed by atoms with Gasteiger partial charge in [0.1, 0.15) is 4.88 Å². The first-order valence-corrected chi connectivity index (χ1v) is 8.49. The Bertz CT molecular complexity index is 485. The molecule has 1 saturated heterocycles.